The maximum absolute atomic E-state index is 11.1. The van der Waals surface area contributed by atoms with Gasteiger partial charge in [-0.25, -0.2) is 4.79 Å². The SMILES string of the molecule is CCCC(Oc1ccc([C@H](C)N)cc1OC)C(=O)O. The summed E-state index contributed by atoms with van der Waals surface area (Å²) >= 11 is 0. The first-order chi connectivity index (χ1) is 8.99. The third-order valence-electron chi connectivity index (χ3n) is 2.81. The van der Waals surface area contributed by atoms with Crippen molar-refractivity contribution in [3.63, 3.8) is 0 Å². The van der Waals surface area contributed by atoms with E-state index in [1.165, 1.54) is 7.11 Å². The highest BCUT2D eigenvalue weighted by Crippen LogP contribution is 2.31. The Morgan fingerprint density at radius 1 is 1.42 bits per heavy atom. The van der Waals surface area contributed by atoms with Crippen LogP contribution >= 0.6 is 0 Å². The summed E-state index contributed by atoms with van der Waals surface area (Å²) < 4.78 is 10.7. The van der Waals surface area contributed by atoms with Crippen LogP contribution in [0.4, 0.5) is 0 Å². The third kappa shape index (κ3) is 4.13. The molecule has 2 atom stereocenters. The molecule has 0 bridgehead atoms. The summed E-state index contributed by atoms with van der Waals surface area (Å²) in [5, 5.41) is 9.09. The van der Waals surface area contributed by atoms with Crippen molar-refractivity contribution >= 4 is 5.97 Å². The Labute approximate surface area is 113 Å². The summed E-state index contributed by atoms with van der Waals surface area (Å²) in [6.07, 6.45) is 0.324. The minimum absolute atomic E-state index is 0.117. The van der Waals surface area contributed by atoms with Crippen molar-refractivity contribution in [1.29, 1.82) is 0 Å². The molecule has 0 spiro atoms. The van der Waals surface area contributed by atoms with Crippen molar-refractivity contribution in [2.45, 2.75) is 38.8 Å². The molecule has 0 aliphatic carbocycles. The molecule has 0 radical (unpaired) electrons. The average molecular weight is 267 g/mol. The first-order valence-electron chi connectivity index (χ1n) is 6.32. The van der Waals surface area contributed by atoms with Gasteiger partial charge in [0.2, 0.25) is 0 Å². The zero-order valence-electron chi connectivity index (χ0n) is 11.6. The topological polar surface area (TPSA) is 81.8 Å². The van der Waals surface area contributed by atoms with E-state index in [4.69, 9.17) is 20.3 Å². The quantitative estimate of drug-likeness (QED) is 0.792. The minimum Gasteiger partial charge on any atom is -0.493 e. The number of methoxy groups -OCH3 is 1. The van der Waals surface area contributed by atoms with Crippen LogP contribution in [0, 0.1) is 0 Å². The fourth-order valence-corrected chi connectivity index (χ4v) is 1.71. The molecule has 3 N–H and O–H groups in total. The van der Waals surface area contributed by atoms with Crippen LogP contribution in [-0.4, -0.2) is 24.3 Å². The van der Waals surface area contributed by atoms with Crippen LogP contribution < -0.4 is 15.2 Å². The highest BCUT2D eigenvalue weighted by molar-refractivity contribution is 5.72. The maximum atomic E-state index is 11.1. The van der Waals surface area contributed by atoms with Crippen molar-refractivity contribution in [1.82, 2.24) is 0 Å². The van der Waals surface area contributed by atoms with E-state index in [0.29, 0.717) is 17.9 Å². The first-order valence-corrected chi connectivity index (χ1v) is 6.32. The fourth-order valence-electron chi connectivity index (χ4n) is 1.71. The molecule has 1 rings (SSSR count). The van der Waals surface area contributed by atoms with Gasteiger partial charge in [-0.1, -0.05) is 19.4 Å². The molecular formula is C14H21NO4. The molecule has 0 aliphatic rings. The highest BCUT2D eigenvalue weighted by atomic mass is 16.5. The molecule has 1 aromatic rings. The van der Waals surface area contributed by atoms with E-state index in [-0.39, 0.29) is 6.04 Å². The number of benzene rings is 1. The summed E-state index contributed by atoms with van der Waals surface area (Å²) in [7, 11) is 1.52. The van der Waals surface area contributed by atoms with Gasteiger partial charge in [0.25, 0.3) is 0 Å². The molecule has 106 valence electrons. The van der Waals surface area contributed by atoms with Crippen LogP contribution in [0.1, 0.15) is 38.3 Å². The summed E-state index contributed by atoms with van der Waals surface area (Å²) in [5.74, 6) is -0.0509. The lowest BCUT2D eigenvalue weighted by molar-refractivity contribution is -0.145. The van der Waals surface area contributed by atoms with Crippen LogP contribution in [0.15, 0.2) is 18.2 Å². The Morgan fingerprint density at radius 3 is 2.58 bits per heavy atom. The largest absolute Gasteiger partial charge is 0.493 e. The van der Waals surface area contributed by atoms with Gasteiger partial charge in [-0.3, -0.25) is 0 Å². The van der Waals surface area contributed by atoms with E-state index in [0.717, 1.165) is 12.0 Å². The Kier molecular flexibility index (Phi) is 5.63. The number of hydrogen-bond acceptors (Lipinski definition) is 4. The van der Waals surface area contributed by atoms with Crippen LogP contribution in [0.3, 0.4) is 0 Å². The molecule has 5 heteroatoms. The molecule has 0 aliphatic heterocycles. The van der Waals surface area contributed by atoms with Crippen LogP contribution in [-0.2, 0) is 4.79 Å². The molecule has 1 aromatic carbocycles. The Bertz CT molecular complexity index is 431. The molecule has 0 saturated heterocycles. The number of ether oxygens (including phenoxy) is 2. The molecule has 1 unspecified atom stereocenters. The Balaban J connectivity index is 2.96. The van der Waals surface area contributed by atoms with Crippen molar-refractivity contribution in [2.75, 3.05) is 7.11 Å². The van der Waals surface area contributed by atoms with Gasteiger partial charge in [0.15, 0.2) is 17.6 Å². The predicted molar refractivity (Wildman–Crippen MR) is 72.6 cm³/mol. The summed E-state index contributed by atoms with van der Waals surface area (Å²) in [6, 6.07) is 5.16. The van der Waals surface area contributed by atoms with E-state index in [2.05, 4.69) is 0 Å². The lowest BCUT2D eigenvalue weighted by Crippen LogP contribution is -2.26. The van der Waals surface area contributed by atoms with E-state index in [1.807, 2.05) is 19.9 Å². The second-order valence-corrected chi connectivity index (χ2v) is 4.43. The molecule has 0 amide bonds. The van der Waals surface area contributed by atoms with Gasteiger partial charge in [-0.15, -0.1) is 0 Å². The van der Waals surface area contributed by atoms with Crippen molar-refractivity contribution < 1.29 is 19.4 Å². The van der Waals surface area contributed by atoms with E-state index >= 15 is 0 Å². The van der Waals surface area contributed by atoms with Crippen LogP contribution in [0.2, 0.25) is 0 Å². The number of carboxylic acids is 1. The fraction of sp³-hybridized carbons (Fsp3) is 0.500. The molecular weight excluding hydrogens is 246 g/mol. The van der Waals surface area contributed by atoms with Gasteiger partial charge < -0.3 is 20.3 Å². The van der Waals surface area contributed by atoms with Gasteiger partial charge in [0.1, 0.15) is 0 Å². The second-order valence-electron chi connectivity index (χ2n) is 4.43. The summed E-state index contributed by atoms with van der Waals surface area (Å²) in [6.45, 7) is 3.78. The second kappa shape index (κ2) is 6.99. The zero-order chi connectivity index (χ0) is 14.4. The third-order valence-corrected chi connectivity index (χ3v) is 2.81. The Morgan fingerprint density at radius 2 is 2.11 bits per heavy atom. The summed E-state index contributed by atoms with van der Waals surface area (Å²) in [4.78, 5) is 11.1. The van der Waals surface area contributed by atoms with E-state index < -0.39 is 12.1 Å². The molecule has 0 saturated carbocycles. The number of aliphatic carboxylic acids is 1. The maximum Gasteiger partial charge on any atom is 0.344 e. The monoisotopic (exact) mass is 267 g/mol. The van der Waals surface area contributed by atoms with Gasteiger partial charge in [-0.2, -0.15) is 0 Å². The predicted octanol–water partition coefficient (Wildman–Crippen LogP) is 2.35. The van der Waals surface area contributed by atoms with Crippen LogP contribution in [0.5, 0.6) is 11.5 Å². The van der Waals surface area contributed by atoms with Gasteiger partial charge in [-0.05, 0) is 31.0 Å². The van der Waals surface area contributed by atoms with Gasteiger partial charge in [0.05, 0.1) is 7.11 Å². The Hall–Kier alpha value is -1.75. The summed E-state index contributed by atoms with van der Waals surface area (Å²) in [5.41, 5.74) is 6.70. The van der Waals surface area contributed by atoms with Gasteiger partial charge >= 0.3 is 5.97 Å². The average Bonchev–Trinajstić information content (AvgIpc) is 2.38. The minimum atomic E-state index is -0.972. The number of rotatable bonds is 7. The standard InChI is InChI=1S/C14H21NO4/c1-4-5-12(14(16)17)19-11-7-6-10(9(2)15)8-13(11)18-3/h6-9,12H,4-5,15H2,1-3H3,(H,16,17)/t9-,12?/m0/s1. The van der Waals surface area contributed by atoms with Crippen LogP contribution in [0.25, 0.3) is 0 Å². The highest BCUT2D eigenvalue weighted by Gasteiger charge is 2.20. The lowest BCUT2D eigenvalue weighted by atomic mass is 10.1. The lowest BCUT2D eigenvalue weighted by Gasteiger charge is -2.18. The zero-order valence-corrected chi connectivity index (χ0v) is 11.6. The number of hydrogen-bond donors (Lipinski definition) is 2. The first kappa shape index (κ1) is 15.3. The van der Waals surface area contributed by atoms with Crippen molar-refractivity contribution in [3.8, 4) is 11.5 Å². The molecule has 5 nitrogen and oxygen atoms in total. The smallest absolute Gasteiger partial charge is 0.344 e. The van der Waals surface area contributed by atoms with Crippen molar-refractivity contribution in [3.05, 3.63) is 23.8 Å². The molecule has 0 aromatic heterocycles. The van der Waals surface area contributed by atoms with E-state index in [1.54, 1.807) is 12.1 Å². The normalized spacial score (nSPS) is 13.7. The molecule has 0 fully saturated rings. The van der Waals surface area contributed by atoms with E-state index in [9.17, 15) is 4.79 Å². The van der Waals surface area contributed by atoms with Crippen molar-refractivity contribution in [2.24, 2.45) is 5.73 Å². The molecule has 19 heavy (non-hydrogen) atoms. The molecule has 0 heterocycles. The number of carbonyl (C=O) groups is 1. The number of nitrogens with two attached hydrogens (primary N) is 1. The van der Waals surface area contributed by atoms with Gasteiger partial charge in [0, 0.05) is 6.04 Å². The number of carboxylic acid groups (broad SMARTS) is 1.